The van der Waals surface area contributed by atoms with E-state index in [-0.39, 0.29) is 0 Å². The van der Waals surface area contributed by atoms with Gasteiger partial charge in [-0.1, -0.05) is 5.92 Å². The first-order valence-electron chi connectivity index (χ1n) is 5.22. The summed E-state index contributed by atoms with van der Waals surface area (Å²) in [5, 5.41) is 6.36. The Balaban J connectivity index is 2.31. The zero-order valence-corrected chi connectivity index (χ0v) is 10.3. The first-order valence-corrected chi connectivity index (χ1v) is 6.21. The van der Waals surface area contributed by atoms with Crippen molar-refractivity contribution in [2.45, 2.75) is 24.5 Å². The van der Waals surface area contributed by atoms with E-state index in [0.29, 0.717) is 11.3 Å². The van der Waals surface area contributed by atoms with E-state index in [0.717, 1.165) is 12.5 Å². The monoisotopic (exact) mass is 225 g/mol. The van der Waals surface area contributed by atoms with Crippen LogP contribution >= 0.6 is 11.8 Å². The van der Waals surface area contributed by atoms with Gasteiger partial charge >= 0.3 is 0 Å². The molecular weight excluding hydrogens is 206 g/mol. The molecule has 1 fully saturated rings. The Kier molecular flexibility index (Phi) is 4.83. The van der Waals surface area contributed by atoms with Crippen LogP contribution in [0, 0.1) is 12.3 Å². The van der Waals surface area contributed by atoms with Crippen LogP contribution in [0.1, 0.15) is 19.8 Å². The van der Waals surface area contributed by atoms with Crippen LogP contribution in [-0.4, -0.2) is 36.6 Å². The van der Waals surface area contributed by atoms with Gasteiger partial charge in [-0.2, -0.15) is 11.8 Å². The average molecular weight is 225 g/mol. The van der Waals surface area contributed by atoms with Gasteiger partial charge in [0.15, 0.2) is 5.96 Å². The molecule has 1 aliphatic rings. The smallest absolute Gasteiger partial charge is 0.191 e. The number of nitrogens with one attached hydrogen (secondary N) is 2. The normalized spacial score (nSPS) is 26.1. The predicted molar refractivity (Wildman–Crippen MR) is 68.3 cm³/mol. The first kappa shape index (κ1) is 12.3. The summed E-state index contributed by atoms with van der Waals surface area (Å²) in [4.78, 5) is 4.11. The maximum atomic E-state index is 5.18. The van der Waals surface area contributed by atoms with Crippen LogP contribution in [-0.2, 0) is 0 Å². The summed E-state index contributed by atoms with van der Waals surface area (Å²) < 4.78 is 0.355. The van der Waals surface area contributed by atoms with Gasteiger partial charge in [0.1, 0.15) is 0 Å². The molecular formula is C11H19N3S. The molecule has 0 bridgehead atoms. The third-order valence-electron chi connectivity index (χ3n) is 2.51. The molecule has 0 aromatic carbocycles. The molecule has 0 spiro atoms. The molecule has 1 aliphatic heterocycles. The molecule has 0 aromatic rings. The number of nitrogens with zero attached hydrogens (tertiary/aromatic N) is 1. The van der Waals surface area contributed by atoms with Gasteiger partial charge in [-0.05, 0) is 25.5 Å². The van der Waals surface area contributed by atoms with E-state index >= 15 is 0 Å². The fourth-order valence-corrected chi connectivity index (χ4v) is 2.85. The number of terminal acetylenes is 1. The van der Waals surface area contributed by atoms with Gasteiger partial charge in [-0.15, -0.1) is 6.42 Å². The van der Waals surface area contributed by atoms with Gasteiger partial charge in [0.25, 0.3) is 0 Å². The highest BCUT2D eigenvalue weighted by Crippen LogP contribution is 2.36. The van der Waals surface area contributed by atoms with Crippen molar-refractivity contribution in [3.05, 3.63) is 0 Å². The van der Waals surface area contributed by atoms with E-state index in [2.05, 4.69) is 28.5 Å². The minimum absolute atomic E-state index is 0.355. The number of thioether (sulfide) groups is 1. The summed E-state index contributed by atoms with van der Waals surface area (Å²) in [6.45, 7) is 3.76. The molecule has 0 radical (unpaired) electrons. The molecule has 0 amide bonds. The summed E-state index contributed by atoms with van der Waals surface area (Å²) in [5.74, 6) is 4.60. The van der Waals surface area contributed by atoms with Crippen molar-refractivity contribution in [1.82, 2.24) is 10.6 Å². The summed E-state index contributed by atoms with van der Waals surface area (Å²) in [5.41, 5.74) is 0. The molecule has 0 aromatic heterocycles. The van der Waals surface area contributed by atoms with Crippen molar-refractivity contribution < 1.29 is 0 Å². The van der Waals surface area contributed by atoms with Crippen molar-refractivity contribution in [3.63, 3.8) is 0 Å². The quantitative estimate of drug-likeness (QED) is 0.428. The Hall–Kier alpha value is -0.820. The Morgan fingerprint density at radius 2 is 2.40 bits per heavy atom. The van der Waals surface area contributed by atoms with Gasteiger partial charge in [0.05, 0.1) is 6.54 Å². The van der Waals surface area contributed by atoms with E-state index in [1.54, 1.807) is 7.05 Å². The highest BCUT2D eigenvalue weighted by atomic mass is 32.2. The number of rotatable bonds is 3. The number of hydrogen-bond donors (Lipinski definition) is 2. The van der Waals surface area contributed by atoms with Crippen molar-refractivity contribution in [3.8, 4) is 12.3 Å². The number of aliphatic imine (C=N–C) groups is 1. The molecule has 1 saturated heterocycles. The molecule has 4 heteroatoms. The highest BCUT2D eigenvalue weighted by molar-refractivity contribution is 8.00. The van der Waals surface area contributed by atoms with E-state index < -0.39 is 0 Å². The Bertz CT molecular complexity index is 261. The standard InChI is InChI=1S/C11H19N3S/c1-4-7-13-10(12-3)14-9-11(2)6-5-8-15-11/h1H,5-9H2,2-3H3,(H2,12,13,14). The summed E-state index contributed by atoms with van der Waals surface area (Å²) in [6.07, 6.45) is 7.77. The fraction of sp³-hybridized carbons (Fsp3) is 0.727. The Morgan fingerprint density at radius 1 is 1.60 bits per heavy atom. The second-order valence-electron chi connectivity index (χ2n) is 3.89. The van der Waals surface area contributed by atoms with Crippen molar-refractivity contribution in [2.75, 3.05) is 25.9 Å². The lowest BCUT2D eigenvalue weighted by Gasteiger charge is -2.24. The van der Waals surface area contributed by atoms with E-state index in [1.807, 2.05) is 11.8 Å². The molecule has 0 saturated carbocycles. The molecule has 3 nitrogen and oxygen atoms in total. The second-order valence-corrected chi connectivity index (χ2v) is 5.57. The lowest BCUT2D eigenvalue weighted by molar-refractivity contribution is 0.586. The molecule has 2 N–H and O–H groups in total. The predicted octanol–water partition coefficient (Wildman–Crippen LogP) is 1.07. The highest BCUT2D eigenvalue weighted by Gasteiger charge is 2.29. The van der Waals surface area contributed by atoms with Gasteiger partial charge in [-0.3, -0.25) is 4.99 Å². The molecule has 1 atom stereocenters. The maximum absolute atomic E-state index is 5.18. The van der Waals surface area contributed by atoms with Gasteiger partial charge in [0.2, 0.25) is 0 Å². The lowest BCUT2D eigenvalue weighted by atomic mass is 10.1. The van der Waals surface area contributed by atoms with Crippen molar-refractivity contribution >= 4 is 17.7 Å². The average Bonchev–Trinajstić information content (AvgIpc) is 2.66. The maximum Gasteiger partial charge on any atom is 0.191 e. The molecule has 0 aliphatic carbocycles. The Morgan fingerprint density at radius 3 is 2.93 bits per heavy atom. The van der Waals surface area contributed by atoms with Crippen LogP contribution in [0.4, 0.5) is 0 Å². The summed E-state index contributed by atoms with van der Waals surface area (Å²) in [6, 6.07) is 0. The van der Waals surface area contributed by atoms with Crippen LogP contribution in [0.25, 0.3) is 0 Å². The zero-order chi connectivity index (χ0) is 11.1. The van der Waals surface area contributed by atoms with Crippen LogP contribution in [0.3, 0.4) is 0 Å². The second kappa shape index (κ2) is 5.92. The van der Waals surface area contributed by atoms with E-state index in [1.165, 1.54) is 18.6 Å². The molecule has 1 heterocycles. The third kappa shape index (κ3) is 4.05. The van der Waals surface area contributed by atoms with Crippen molar-refractivity contribution in [2.24, 2.45) is 4.99 Å². The van der Waals surface area contributed by atoms with Gasteiger partial charge in [-0.25, -0.2) is 0 Å². The Labute approximate surface area is 96.5 Å². The number of hydrogen-bond acceptors (Lipinski definition) is 2. The van der Waals surface area contributed by atoms with Crippen molar-refractivity contribution in [1.29, 1.82) is 0 Å². The molecule has 15 heavy (non-hydrogen) atoms. The molecule has 84 valence electrons. The SMILES string of the molecule is C#CCNC(=NC)NCC1(C)CCCS1. The van der Waals surface area contributed by atoms with Crippen LogP contribution in [0.15, 0.2) is 4.99 Å². The summed E-state index contributed by atoms with van der Waals surface area (Å²) >= 11 is 2.04. The topological polar surface area (TPSA) is 36.4 Å². The first-order chi connectivity index (χ1) is 7.20. The van der Waals surface area contributed by atoms with Gasteiger partial charge < -0.3 is 10.6 Å². The minimum atomic E-state index is 0.355. The van der Waals surface area contributed by atoms with Gasteiger partial charge in [0, 0.05) is 18.3 Å². The minimum Gasteiger partial charge on any atom is -0.355 e. The zero-order valence-electron chi connectivity index (χ0n) is 9.47. The van der Waals surface area contributed by atoms with E-state index in [4.69, 9.17) is 6.42 Å². The largest absolute Gasteiger partial charge is 0.355 e. The van der Waals surface area contributed by atoms with Crippen LogP contribution < -0.4 is 10.6 Å². The lowest BCUT2D eigenvalue weighted by Crippen LogP contribution is -2.43. The molecule has 1 unspecified atom stereocenters. The summed E-state index contributed by atoms with van der Waals surface area (Å²) in [7, 11) is 1.76. The number of guanidine groups is 1. The van der Waals surface area contributed by atoms with Crippen LogP contribution in [0.2, 0.25) is 0 Å². The third-order valence-corrected chi connectivity index (χ3v) is 4.05. The molecule has 1 rings (SSSR count). The van der Waals surface area contributed by atoms with Crippen LogP contribution in [0.5, 0.6) is 0 Å². The fourth-order valence-electron chi connectivity index (χ4n) is 1.60. The van der Waals surface area contributed by atoms with E-state index in [9.17, 15) is 0 Å².